The van der Waals surface area contributed by atoms with Crippen molar-refractivity contribution in [1.29, 1.82) is 0 Å². The summed E-state index contributed by atoms with van der Waals surface area (Å²) in [4.78, 5) is 83.3. The van der Waals surface area contributed by atoms with Gasteiger partial charge in [-0.25, -0.2) is 24.0 Å². The third kappa shape index (κ3) is 34.8. The monoisotopic (exact) mass is 1510 g/mol. The predicted octanol–water partition coefficient (Wildman–Crippen LogP) is 22.1. The van der Waals surface area contributed by atoms with E-state index in [4.69, 9.17) is 23.7 Å². The van der Waals surface area contributed by atoms with Crippen molar-refractivity contribution >= 4 is 36.6 Å². The van der Waals surface area contributed by atoms with Gasteiger partial charge in [0.2, 0.25) is 0 Å². The van der Waals surface area contributed by atoms with Crippen molar-refractivity contribution in [3.8, 4) is 0 Å². The molecular formula is C89H151N7O12. The number of rotatable bonds is 12. The molecule has 614 valence electrons. The van der Waals surface area contributed by atoms with Gasteiger partial charge in [-0.15, -0.1) is 0 Å². The zero-order valence-electron chi connectivity index (χ0n) is 62.4. The summed E-state index contributed by atoms with van der Waals surface area (Å²) in [5.74, 6) is -0.372. The minimum absolute atomic E-state index is 0. The van der Waals surface area contributed by atoms with E-state index in [9.17, 15) is 33.9 Å². The number of carbonyl (C=O) groups excluding carboxylic acids is 6. The van der Waals surface area contributed by atoms with E-state index in [-0.39, 0.29) is 128 Å². The maximum atomic E-state index is 12.4. The first-order chi connectivity index (χ1) is 46.6. The number of likely N-dealkylation sites (tertiary alicyclic amines) is 4. The van der Waals surface area contributed by atoms with Crippen molar-refractivity contribution in [2.24, 2.45) is 0 Å². The average molecular weight is 1510 g/mol. The van der Waals surface area contributed by atoms with E-state index < -0.39 is 22.4 Å². The highest BCUT2D eigenvalue weighted by Gasteiger charge is 2.37. The Morgan fingerprint density at radius 3 is 1.05 bits per heavy atom. The van der Waals surface area contributed by atoms with Gasteiger partial charge in [0, 0.05) is 50.9 Å². The number of hydrogen-bond donors (Lipinski definition) is 2. The lowest BCUT2D eigenvalue weighted by atomic mass is 10.0. The Bertz CT molecular complexity index is 3410. The molecule has 5 saturated heterocycles. The molecule has 108 heavy (non-hydrogen) atoms. The second kappa shape index (κ2) is 49.3. The SMILES string of the molecule is C.C.C.C.C.C.C.C.C.CC(C)(C)OC(=O)N1CCCC1c1cccc(C=O)c1.CC(C)(C)OC(=O)N1CCCC1c1cccc(CO)c1.CN(C)Cc1cccc(C2CCCN2)c1.CN(C)Cc1cccc(C2CCCN2C(=O)OC(C)(C)C)c1.COC(=O)c1cccc(C2CCCN2C(=O)OC(C)(C)C)c1. The fourth-order valence-electron chi connectivity index (χ4n) is 12.8. The van der Waals surface area contributed by atoms with E-state index >= 15 is 0 Å². The normalized spacial score (nSPS) is 17.5. The molecule has 0 radical (unpaired) electrons. The number of aldehydes is 1. The molecule has 0 aromatic heterocycles. The molecular weight excluding hydrogens is 1360 g/mol. The van der Waals surface area contributed by atoms with Gasteiger partial charge < -0.3 is 63.5 Å². The number of carbonyl (C=O) groups is 6. The molecule has 5 aliphatic rings. The largest absolute Gasteiger partial charge is 0.465 e. The number of nitrogens with one attached hydrogen (secondary N) is 1. The summed E-state index contributed by atoms with van der Waals surface area (Å²) in [5, 5.41) is 12.8. The van der Waals surface area contributed by atoms with E-state index in [0.717, 1.165) is 106 Å². The van der Waals surface area contributed by atoms with Crippen molar-refractivity contribution < 1.29 is 57.6 Å². The number of ether oxygens (including phenoxy) is 5. The molecule has 10 rings (SSSR count). The molecule has 2 N–H and O–H groups in total. The van der Waals surface area contributed by atoms with Gasteiger partial charge in [-0.1, -0.05) is 170 Å². The molecule has 5 unspecified atom stereocenters. The van der Waals surface area contributed by atoms with Crippen LogP contribution in [0.3, 0.4) is 0 Å². The highest BCUT2D eigenvalue weighted by atomic mass is 16.6. The predicted molar refractivity (Wildman–Crippen MR) is 450 cm³/mol. The zero-order valence-corrected chi connectivity index (χ0v) is 62.4. The van der Waals surface area contributed by atoms with Crippen LogP contribution in [0.25, 0.3) is 0 Å². The van der Waals surface area contributed by atoms with Gasteiger partial charge in [-0.2, -0.15) is 0 Å². The lowest BCUT2D eigenvalue weighted by Gasteiger charge is -2.29. The smallest absolute Gasteiger partial charge is 0.410 e. The molecule has 0 spiro atoms. The van der Waals surface area contributed by atoms with Crippen LogP contribution in [0.4, 0.5) is 19.2 Å². The Balaban J connectivity index is -0.000000616. The summed E-state index contributed by atoms with van der Waals surface area (Å²) in [6, 6.07) is 40.7. The zero-order chi connectivity index (χ0) is 72.8. The van der Waals surface area contributed by atoms with E-state index in [1.54, 1.807) is 32.9 Å². The van der Waals surface area contributed by atoms with Crippen LogP contribution in [0.5, 0.6) is 0 Å². The van der Waals surface area contributed by atoms with Crippen LogP contribution in [0.15, 0.2) is 121 Å². The Morgan fingerprint density at radius 2 is 0.731 bits per heavy atom. The number of methoxy groups -OCH3 is 1. The number of aliphatic hydroxyl groups excluding tert-OH is 1. The first-order valence-corrected chi connectivity index (χ1v) is 35.3. The van der Waals surface area contributed by atoms with Crippen molar-refractivity contribution in [2.75, 3.05) is 68.0 Å². The summed E-state index contributed by atoms with van der Waals surface area (Å²) in [7, 11) is 9.71. The van der Waals surface area contributed by atoms with Crippen LogP contribution < -0.4 is 5.32 Å². The summed E-state index contributed by atoms with van der Waals surface area (Å²) in [6.45, 7) is 28.5. The Morgan fingerprint density at radius 1 is 0.426 bits per heavy atom. The van der Waals surface area contributed by atoms with Crippen molar-refractivity contribution in [2.45, 2.75) is 286 Å². The minimum Gasteiger partial charge on any atom is -0.465 e. The maximum Gasteiger partial charge on any atom is 0.410 e. The molecule has 5 fully saturated rings. The Labute approximate surface area is 657 Å². The molecule has 5 aliphatic heterocycles. The van der Waals surface area contributed by atoms with Crippen LogP contribution in [0.2, 0.25) is 0 Å². The van der Waals surface area contributed by atoms with Crippen molar-refractivity contribution in [1.82, 2.24) is 34.7 Å². The van der Waals surface area contributed by atoms with Crippen LogP contribution in [0, 0.1) is 0 Å². The van der Waals surface area contributed by atoms with Crippen molar-refractivity contribution in [3.05, 3.63) is 177 Å². The third-order valence-electron chi connectivity index (χ3n) is 16.9. The summed E-state index contributed by atoms with van der Waals surface area (Å²) in [5.41, 5.74) is 8.43. The molecule has 0 bridgehead atoms. The Kier molecular flexibility index (Phi) is 48.7. The highest BCUT2D eigenvalue weighted by molar-refractivity contribution is 5.89. The maximum absolute atomic E-state index is 12.4. The number of aliphatic hydroxyl groups is 1. The lowest BCUT2D eigenvalue weighted by molar-refractivity contribution is 0.0213. The van der Waals surface area contributed by atoms with Gasteiger partial charge in [-0.3, -0.25) is 4.79 Å². The van der Waals surface area contributed by atoms with E-state index in [1.807, 2.05) is 143 Å². The molecule has 0 aliphatic carbocycles. The van der Waals surface area contributed by atoms with E-state index in [2.05, 4.69) is 91.8 Å². The molecule has 5 aromatic rings. The number of amides is 4. The van der Waals surface area contributed by atoms with Gasteiger partial charge in [-0.05, 0) is 245 Å². The molecule has 19 nitrogen and oxygen atoms in total. The molecule has 4 amide bonds. The Hall–Kier alpha value is -7.84. The minimum atomic E-state index is -0.516. The average Bonchev–Trinajstić information content (AvgIpc) is 1.62. The fourth-order valence-corrected chi connectivity index (χ4v) is 12.8. The summed E-state index contributed by atoms with van der Waals surface area (Å²) < 4.78 is 26.7. The number of esters is 1. The van der Waals surface area contributed by atoms with Gasteiger partial charge in [0.15, 0.2) is 0 Å². The second-order valence-electron chi connectivity index (χ2n) is 30.7. The first kappa shape index (κ1) is 107. The van der Waals surface area contributed by atoms with E-state index in [0.29, 0.717) is 30.3 Å². The van der Waals surface area contributed by atoms with Gasteiger partial charge in [0.1, 0.15) is 28.7 Å². The van der Waals surface area contributed by atoms with Crippen LogP contribution in [-0.4, -0.2) is 162 Å². The van der Waals surface area contributed by atoms with Gasteiger partial charge in [0.25, 0.3) is 0 Å². The molecule has 19 heteroatoms. The second-order valence-corrected chi connectivity index (χ2v) is 30.7. The summed E-state index contributed by atoms with van der Waals surface area (Å²) in [6.07, 6.45) is 9.97. The van der Waals surface area contributed by atoms with E-state index in [1.165, 1.54) is 48.8 Å². The van der Waals surface area contributed by atoms with Crippen LogP contribution in [0.1, 0.15) is 310 Å². The van der Waals surface area contributed by atoms with Crippen LogP contribution >= 0.6 is 0 Å². The lowest BCUT2D eigenvalue weighted by Crippen LogP contribution is -2.36. The highest BCUT2D eigenvalue weighted by Crippen LogP contribution is 2.38. The molecule has 5 aromatic carbocycles. The molecule has 0 saturated carbocycles. The topological polar surface area (TPSA) is 200 Å². The first-order valence-electron chi connectivity index (χ1n) is 35.3. The van der Waals surface area contributed by atoms with Crippen molar-refractivity contribution in [3.63, 3.8) is 0 Å². The quantitative estimate of drug-likeness (QED) is 0.0678. The van der Waals surface area contributed by atoms with Crippen LogP contribution in [-0.2, 0) is 43.4 Å². The standard InChI is InChI=1S/C18H28N2O2.C17H23NO4.C16H23NO3.C16H21NO3.C13H20N2.9CH4/c1-18(2,3)22-17(21)20-11-7-10-16(20)15-9-6-8-14(12-15)13-19(4)5;1-17(2,3)22-16(20)18-10-6-9-14(18)12-7-5-8-13(11-12)15(19)21-4;2*1-16(2,3)20-15(19)17-9-5-8-14(17)13-7-4-6-12(10-13)11-18;1-15(2)10-11-5-3-6-12(9-11)13-7-4-8-14-13;;;;;;;;;/h6,8-9,12,16H,7,10-11,13H2,1-5H3;5,7-8,11,14H,6,9-10H2,1-4H3;4,6-7,10,14,18H,5,8-9,11H2,1-3H3;4,6-7,10-11,14H,5,8-9H2,1-3H3;3,5-6,9,13-14H,4,7-8,10H2,1-2H3;9*1H4. The number of hydrogen-bond acceptors (Lipinski definition) is 15. The number of benzene rings is 5. The van der Waals surface area contributed by atoms with Gasteiger partial charge >= 0.3 is 30.3 Å². The number of nitrogens with zero attached hydrogens (tertiary/aromatic N) is 6. The fraction of sp³-hybridized carbons (Fsp3) is 0.596. The van der Waals surface area contributed by atoms with Gasteiger partial charge in [0.05, 0.1) is 43.4 Å². The summed E-state index contributed by atoms with van der Waals surface area (Å²) >= 11 is 0. The third-order valence-corrected chi connectivity index (χ3v) is 16.9. The molecule has 5 atom stereocenters. The molecule has 5 heterocycles.